The molecule has 3 N–H and O–H groups in total. The molecule has 1 aromatic heterocycles. The van der Waals surface area contributed by atoms with Gasteiger partial charge in [0.05, 0.1) is 25.3 Å². The second kappa shape index (κ2) is 9.62. The van der Waals surface area contributed by atoms with Crippen LogP contribution in [0.5, 0.6) is 0 Å². The Bertz CT molecular complexity index is 961. The van der Waals surface area contributed by atoms with E-state index >= 15 is 0 Å². The Kier molecular flexibility index (Phi) is 7.10. The van der Waals surface area contributed by atoms with Crippen LogP contribution in [0.4, 0.5) is 9.18 Å². The number of aromatic nitrogens is 1. The minimum absolute atomic E-state index is 0.0128. The molecule has 0 spiro atoms. The second-order valence-electron chi connectivity index (χ2n) is 8.74. The maximum Gasteiger partial charge on any atom is 0.411 e. The SMILES string of the molecule is CC(C)(C)OC(=O)N1C[C@H](O)C[C@H]1C(=O)N[C@@H](CO)c1ccc(-c2ncccc2F)cc1. The van der Waals surface area contributed by atoms with Crippen molar-refractivity contribution in [3.63, 3.8) is 0 Å². The summed E-state index contributed by atoms with van der Waals surface area (Å²) in [7, 11) is 0. The Morgan fingerprint density at radius 2 is 1.97 bits per heavy atom. The molecule has 2 aromatic rings. The molecular formula is C23H28FN3O5. The molecule has 2 amide bonds. The lowest BCUT2D eigenvalue weighted by atomic mass is 10.0. The van der Waals surface area contributed by atoms with E-state index in [0.717, 1.165) is 0 Å². The van der Waals surface area contributed by atoms with Crippen LogP contribution in [0.3, 0.4) is 0 Å². The number of ether oxygens (including phenoxy) is 1. The third kappa shape index (κ3) is 5.60. The van der Waals surface area contributed by atoms with Gasteiger partial charge >= 0.3 is 6.09 Å². The summed E-state index contributed by atoms with van der Waals surface area (Å²) in [6.45, 7) is 4.75. The molecule has 2 heterocycles. The summed E-state index contributed by atoms with van der Waals surface area (Å²) < 4.78 is 19.3. The zero-order valence-electron chi connectivity index (χ0n) is 18.3. The highest BCUT2D eigenvalue weighted by atomic mass is 19.1. The van der Waals surface area contributed by atoms with E-state index in [1.54, 1.807) is 45.0 Å². The van der Waals surface area contributed by atoms with Crippen LogP contribution in [0.15, 0.2) is 42.6 Å². The summed E-state index contributed by atoms with van der Waals surface area (Å²) in [6.07, 6.45) is 0.0336. The number of aliphatic hydroxyl groups excluding tert-OH is 2. The third-order valence-electron chi connectivity index (χ3n) is 5.05. The molecule has 0 radical (unpaired) electrons. The number of nitrogens with one attached hydrogen (secondary N) is 1. The van der Waals surface area contributed by atoms with Gasteiger partial charge in [-0.05, 0) is 38.5 Å². The van der Waals surface area contributed by atoms with E-state index in [1.165, 1.54) is 23.2 Å². The van der Waals surface area contributed by atoms with Gasteiger partial charge < -0.3 is 20.3 Å². The minimum atomic E-state index is -0.921. The molecule has 3 rings (SSSR count). The number of nitrogens with zero attached hydrogens (tertiary/aromatic N) is 2. The number of amides is 2. The van der Waals surface area contributed by atoms with E-state index < -0.39 is 41.6 Å². The predicted octanol–water partition coefficient (Wildman–Crippen LogP) is 2.41. The van der Waals surface area contributed by atoms with Gasteiger partial charge in [0, 0.05) is 18.2 Å². The van der Waals surface area contributed by atoms with Crippen LogP contribution in [0.1, 0.15) is 38.8 Å². The fraction of sp³-hybridized carbons (Fsp3) is 0.435. The number of halogens is 1. The fourth-order valence-electron chi connectivity index (χ4n) is 3.56. The van der Waals surface area contributed by atoms with Crippen molar-refractivity contribution in [2.24, 2.45) is 0 Å². The number of carbonyl (C=O) groups is 2. The third-order valence-corrected chi connectivity index (χ3v) is 5.05. The van der Waals surface area contributed by atoms with Gasteiger partial charge in [-0.1, -0.05) is 24.3 Å². The molecule has 172 valence electrons. The van der Waals surface area contributed by atoms with Crippen LogP contribution >= 0.6 is 0 Å². The van der Waals surface area contributed by atoms with E-state index in [-0.39, 0.29) is 25.3 Å². The van der Waals surface area contributed by atoms with Gasteiger partial charge in [0.2, 0.25) is 5.91 Å². The first-order valence-electron chi connectivity index (χ1n) is 10.4. The quantitative estimate of drug-likeness (QED) is 0.652. The Labute approximate surface area is 186 Å². The first-order valence-corrected chi connectivity index (χ1v) is 10.4. The zero-order valence-corrected chi connectivity index (χ0v) is 18.3. The Hall–Kier alpha value is -3.04. The van der Waals surface area contributed by atoms with E-state index in [0.29, 0.717) is 11.1 Å². The number of benzene rings is 1. The Morgan fingerprint density at radius 1 is 1.28 bits per heavy atom. The van der Waals surface area contributed by atoms with E-state index in [9.17, 15) is 24.2 Å². The van der Waals surface area contributed by atoms with Gasteiger partial charge in [0.15, 0.2) is 0 Å². The average Bonchev–Trinajstić information content (AvgIpc) is 3.13. The van der Waals surface area contributed by atoms with Crippen molar-refractivity contribution in [1.29, 1.82) is 0 Å². The number of rotatable bonds is 5. The summed E-state index contributed by atoms with van der Waals surface area (Å²) in [4.78, 5) is 30.6. The molecule has 1 aromatic carbocycles. The van der Waals surface area contributed by atoms with E-state index in [1.807, 2.05) is 0 Å². The maximum absolute atomic E-state index is 14.0. The van der Waals surface area contributed by atoms with Crippen molar-refractivity contribution in [3.05, 3.63) is 54.0 Å². The average molecular weight is 445 g/mol. The maximum atomic E-state index is 14.0. The van der Waals surface area contributed by atoms with Gasteiger partial charge in [-0.25, -0.2) is 9.18 Å². The molecule has 1 saturated heterocycles. The van der Waals surface area contributed by atoms with Crippen LogP contribution < -0.4 is 5.32 Å². The molecule has 0 unspecified atom stereocenters. The number of aliphatic hydroxyl groups is 2. The summed E-state index contributed by atoms with van der Waals surface area (Å²) in [5.41, 5.74) is 0.624. The number of likely N-dealkylation sites (tertiary alicyclic amines) is 1. The highest BCUT2D eigenvalue weighted by molar-refractivity contribution is 5.86. The zero-order chi connectivity index (χ0) is 23.5. The summed E-state index contributed by atoms with van der Waals surface area (Å²) in [5.74, 6) is -0.958. The molecule has 8 nitrogen and oxygen atoms in total. The molecule has 1 aliphatic heterocycles. The lowest BCUT2D eigenvalue weighted by Gasteiger charge is -2.28. The van der Waals surface area contributed by atoms with Crippen LogP contribution in [-0.2, 0) is 9.53 Å². The van der Waals surface area contributed by atoms with Crippen LogP contribution in [0.25, 0.3) is 11.3 Å². The highest BCUT2D eigenvalue weighted by Gasteiger charge is 2.41. The molecule has 1 aliphatic rings. The molecular weight excluding hydrogens is 417 g/mol. The Morgan fingerprint density at radius 3 is 2.56 bits per heavy atom. The van der Waals surface area contributed by atoms with Crippen molar-refractivity contribution in [3.8, 4) is 11.3 Å². The second-order valence-corrected chi connectivity index (χ2v) is 8.74. The monoisotopic (exact) mass is 445 g/mol. The van der Waals surface area contributed by atoms with Crippen LogP contribution in [0, 0.1) is 5.82 Å². The van der Waals surface area contributed by atoms with Gasteiger partial charge in [-0.15, -0.1) is 0 Å². The number of hydrogen-bond donors (Lipinski definition) is 3. The van der Waals surface area contributed by atoms with Crippen molar-refractivity contribution < 1.29 is 28.9 Å². The molecule has 3 atom stereocenters. The van der Waals surface area contributed by atoms with Crippen molar-refractivity contribution >= 4 is 12.0 Å². The van der Waals surface area contributed by atoms with Crippen LogP contribution in [-0.4, -0.2) is 63.0 Å². The van der Waals surface area contributed by atoms with Crippen molar-refractivity contribution in [2.45, 2.75) is 51.0 Å². The van der Waals surface area contributed by atoms with E-state index in [2.05, 4.69) is 10.3 Å². The minimum Gasteiger partial charge on any atom is -0.444 e. The standard InChI is InChI=1S/C23H28FN3O5/c1-23(2,3)32-22(31)27-12-16(29)11-19(27)21(30)26-18(13-28)14-6-8-15(9-7-14)20-17(24)5-4-10-25-20/h4-10,16,18-19,28-29H,11-13H2,1-3H3,(H,26,30)/t16-,18+,19+/m1/s1. The van der Waals surface area contributed by atoms with Crippen molar-refractivity contribution in [1.82, 2.24) is 15.2 Å². The summed E-state index contributed by atoms with van der Waals surface area (Å²) in [6, 6.07) is 7.80. The number of carbonyl (C=O) groups excluding carboxylic acids is 2. The molecule has 32 heavy (non-hydrogen) atoms. The first-order chi connectivity index (χ1) is 15.1. The smallest absolute Gasteiger partial charge is 0.411 e. The van der Waals surface area contributed by atoms with E-state index in [4.69, 9.17) is 4.74 Å². The largest absolute Gasteiger partial charge is 0.444 e. The fourth-order valence-corrected chi connectivity index (χ4v) is 3.56. The molecule has 9 heteroatoms. The predicted molar refractivity (Wildman–Crippen MR) is 115 cm³/mol. The number of pyridine rings is 1. The molecule has 0 aliphatic carbocycles. The lowest BCUT2D eigenvalue weighted by Crippen LogP contribution is -2.48. The summed E-state index contributed by atoms with van der Waals surface area (Å²) >= 11 is 0. The molecule has 0 saturated carbocycles. The van der Waals surface area contributed by atoms with Gasteiger partial charge in [0.25, 0.3) is 0 Å². The molecule has 1 fully saturated rings. The van der Waals surface area contributed by atoms with Crippen LogP contribution in [0.2, 0.25) is 0 Å². The van der Waals surface area contributed by atoms with Crippen molar-refractivity contribution in [2.75, 3.05) is 13.2 Å². The van der Waals surface area contributed by atoms with Gasteiger partial charge in [-0.2, -0.15) is 0 Å². The Balaban J connectivity index is 1.72. The van der Waals surface area contributed by atoms with Gasteiger partial charge in [0.1, 0.15) is 23.2 Å². The topological polar surface area (TPSA) is 112 Å². The number of hydrogen-bond acceptors (Lipinski definition) is 6. The molecule has 0 bridgehead atoms. The lowest BCUT2D eigenvalue weighted by molar-refractivity contribution is -0.126. The number of β-amino-alcohol motifs (C(OH)–C–C–N with tert-alkyl or cyclic N) is 1. The summed E-state index contributed by atoms with van der Waals surface area (Å²) in [5, 5.41) is 22.6. The first kappa shape index (κ1) is 23.6. The normalized spacial score (nSPS) is 19.5. The highest BCUT2D eigenvalue weighted by Crippen LogP contribution is 2.25. The van der Waals surface area contributed by atoms with Gasteiger partial charge in [-0.3, -0.25) is 14.7 Å².